The molecule has 0 atom stereocenters. The van der Waals surface area contributed by atoms with Gasteiger partial charge in [0.1, 0.15) is 0 Å². The van der Waals surface area contributed by atoms with Crippen molar-refractivity contribution < 1.29 is 0 Å². The molecule has 10 heavy (non-hydrogen) atoms. The molecule has 0 aliphatic carbocycles. The van der Waals surface area contributed by atoms with Crippen LogP contribution in [0.25, 0.3) is 0 Å². The van der Waals surface area contributed by atoms with Gasteiger partial charge in [-0.1, -0.05) is 52.4 Å². The van der Waals surface area contributed by atoms with Gasteiger partial charge >= 0.3 is 18.9 Å². The summed E-state index contributed by atoms with van der Waals surface area (Å²) in [6, 6.07) is 0. The second kappa shape index (κ2) is 12.3. The molecule has 0 aromatic heterocycles. The van der Waals surface area contributed by atoms with Crippen molar-refractivity contribution >= 4 is 18.9 Å². The van der Waals surface area contributed by atoms with Crippen LogP contribution in [-0.2, 0) is 0 Å². The third-order valence-corrected chi connectivity index (χ3v) is 1.52. The minimum absolute atomic E-state index is 0. The van der Waals surface area contributed by atoms with Gasteiger partial charge in [-0.05, 0) is 6.42 Å². The Morgan fingerprint density at radius 1 is 0.900 bits per heavy atom. The molecule has 0 aliphatic heterocycles. The fourth-order valence-electron chi connectivity index (χ4n) is 0.841. The summed E-state index contributed by atoms with van der Waals surface area (Å²) in [6.45, 7) is 4.49. The first-order valence-electron chi connectivity index (χ1n) is 4.23. The summed E-state index contributed by atoms with van der Waals surface area (Å²) >= 11 is 0. The van der Waals surface area contributed by atoms with E-state index in [1.165, 1.54) is 38.5 Å². The second-order valence-electron chi connectivity index (χ2n) is 2.57. The molecular formula is C9H20Li. The molecule has 0 unspecified atom stereocenters. The van der Waals surface area contributed by atoms with E-state index in [2.05, 4.69) is 20.3 Å². The van der Waals surface area contributed by atoms with E-state index in [0.29, 0.717) is 0 Å². The van der Waals surface area contributed by atoms with E-state index in [1.54, 1.807) is 0 Å². The van der Waals surface area contributed by atoms with Crippen molar-refractivity contribution in [1.82, 2.24) is 0 Å². The molecule has 0 bridgehead atoms. The van der Waals surface area contributed by atoms with E-state index in [1.807, 2.05) is 0 Å². The molecule has 0 saturated carbocycles. The quantitative estimate of drug-likeness (QED) is 0.388. The van der Waals surface area contributed by atoms with Crippen molar-refractivity contribution in [3.05, 3.63) is 6.42 Å². The summed E-state index contributed by atoms with van der Waals surface area (Å²) in [5.41, 5.74) is 0. The van der Waals surface area contributed by atoms with Crippen LogP contribution in [0.4, 0.5) is 0 Å². The minimum atomic E-state index is 0. The Balaban J connectivity index is 0. The SMILES string of the molecule is CCCC[CH]CCCC.[LiH]. The molecule has 1 heteroatoms. The predicted octanol–water partition coefficient (Wildman–Crippen LogP) is 2.92. The predicted molar refractivity (Wildman–Crippen MR) is 50.5 cm³/mol. The van der Waals surface area contributed by atoms with E-state index >= 15 is 0 Å². The number of unbranched alkanes of at least 4 members (excludes halogenated alkanes) is 6. The van der Waals surface area contributed by atoms with Crippen LogP contribution in [0, 0.1) is 6.42 Å². The van der Waals surface area contributed by atoms with Crippen molar-refractivity contribution in [2.75, 3.05) is 0 Å². The second-order valence-corrected chi connectivity index (χ2v) is 2.57. The van der Waals surface area contributed by atoms with Gasteiger partial charge in [0.15, 0.2) is 0 Å². The van der Waals surface area contributed by atoms with Gasteiger partial charge in [-0.3, -0.25) is 0 Å². The van der Waals surface area contributed by atoms with Crippen molar-refractivity contribution in [2.24, 2.45) is 0 Å². The Morgan fingerprint density at radius 3 is 1.60 bits per heavy atom. The van der Waals surface area contributed by atoms with Crippen LogP contribution in [0.1, 0.15) is 52.4 Å². The zero-order valence-electron chi connectivity index (χ0n) is 6.82. The van der Waals surface area contributed by atoms with Crippen LogP contribution in [-0.4, -0.2) is 18.9 Å². The van der Waals surface area contributed by atoms with Crippen LogP contribution in [0.3, 0.4) is 0 Å². The number of hydrogen-bond donors (Lipinski definition) is 0. The summed E-state index contributed by atoms with van der Waals surface area (Å²) in [5, 5.41) is 0. The molecular weight excluding hydrogens is 115 g/mol. The van der Waals surface area contributed by atoms with E-state index in [-0.39, 0.29) is 18.9 Å². The van der Waals surface area contributed by atoms with Gasteiger partial charge in [-0.2, -0.15) is 0 Å². The molecule has 57 valence electrons. The molecule has 0 fully saturated rings. The molecule has 0 rings (SSSR count). The summed E-state index contributed by atoms with van der Waals surface area (Å²) in [5.74, 6) is 0. The van der Waals surface area contributed by atoms with E-state index in [9.17, 15) is 0 Å². The summed E-state index contributed by atoms with van der Waals surface area (Å²) in [7, 11) is 0. The fraction of sp³-hybridized carbons (Fsp3) is 0.889. The van der Waals surface area contributed by atoms with Crippen LogP contribution >= 0.6 is 0 Å². The van der Waals surface area contributed by atoms with Crippen molar-refractivity contribution in [1.29, 1.82) is 0 Å². The van der Waals surface area contributed by atoms with Gasteiger partial charge < -0.3 is 0 Å². The van der Waals surface area contributed by atoms with Gasteiger partial charge in [-0.15, -0.1) is 0 Å². The summed E-state index contributed by atoms with van der Waals surface area (Å²) < 4.78 is 0. The average molecular weight is 135 g/mol. The number of hydrogen-bond acceptors (Lipinski definition) is 0. The molecule has 0 aromatic rings. The Bertz CT molecular complexity index is 38.0. The van der Waals surface area contributed by atoms with E-state index < -0.39 is 0 Å². The Labute approximate surface area is 78.0 Å². The van der Waals surface area contributed by atoms with Crippen LogP contribution in [0.5, 0.6) is 0 Å². The van der Waals surface area contributed by atoms with Gasteiger partial charge in [0.2, 0.25) is 0 Å². The summed E-state index contributed by atoms with van der Waals surface area (Å²) in [6.07, 6.45) is 10.5. The monoisotopic (exact) mass is 135 g/mol. The Kier molecular flexibility index (Phi) is 16.2. The third-order valence-electron chi connectivity index (χ3n) is 1.52. The molecule has 0 spiro atoms. The van der Waals surface area contributed by atoms with Gasteiger partial charge in [0.25, 0.3) is 0 Å². The van der Waals surface area contributed by atoms with Crippen molar-refractivity contribution in [3.63, 3.8) is 0 Å². The molecule has 0 nitrogen and oxygen atoms in total. The zero-order valence-corrected chi connectivity index (χ0v) is 6.82. The van der Waals surface area contributed by atoms with Crippen LogP contribution in [0.2, 0.25) is 0 Å². The molecule has 0 amide bonds. The molecule has 0 aromatic carbocycles. The van der Waals surface area contributed by atoms with Gasteiger partial charge in [0.05, 0.1) is 0 Å². The van der Waals surface area contributed by atoms with Crippen LogP contribution in [0.15, 0.2) is 0 Å². The Morgan fingerprint density at radius 2 is 1.30 bits per heavy atom. The first-order chi connectivity index (χ1) is 4.41. The van der Waals surface area contributed by atoms with Gasteiger partial charge in [0, 0.05) is 0 Å². The number of rotatable bonds is 6. The zero-order chi connectivity index (χ0) is 6.95. The van der Waals surface area contributed by atoms with E-state index in [0.717, 1.165) is 0 Å². The van der Waals surface area contributed by atoms with Crippen LogP contribution < -0.4 is 0 Å². The first-order valence-corrected chi connectivity index (χ1v) is 4.23. The molecule has 0 N–H and O–H groups in total. The molecule has 0 aliphatic rings. The first kappa shape index (κ1) is 13.2. The molecule has 1 radical (unpaired) electrons. The maximum absolute atomic E-state index is 2.42. The normalized spacial score (nSPS) is 9.00. The molecule has 0 heterocycles. The third kappa shape index (κ3) is 11.4. The molecule has 0 saturated heterocycles. The maximum atomic E-state index is 2.42. The standard InChI is InChI=1S/C9H19.Li.H/c1-3-5-7-9-8-6-4-2;;/h9H,3-8H2,1-2H3;;. The summed E-state index contributed by atoms with van der Waals surface area (Å²) in [4.78, 5) is 0. The van der Waals surface area contributed by atoms with E-state index in [4.69, 9.17) is 0 Å². The van der Waals surface area contributed by atoms with Gasteiger partial charge in [-0.25, -0.2) is 0 Å². The Hall–Kier alpha value is 0.597. The van der Waals surface area contributed by atoms with Crippen molar-refractivity contribution in [2.45, 2.75) is 52.4 Å². The fourth-order valence-corrected chi connectivity index (χ4v) is 0.841. The average Bonchev–Trinajstić information content (AvgIpc) is 1.89. The van der Waals surface area contributed by atoms with Crippen molar-refractivity contribution in [3.8, 4) is 0 Å². The topological polar surface area (TPSA) is 0 Å².